The number of aliphatic carboxylic acids is 1. The van der Waals surface area contributed by atoms with Gasteiger partial charge in [0, 0.05) is 6.04 Å². The van der Waals surface area contributed by atoms with Gasteiger partial charge in [-0.05, 0) is 32.2 Å². The number of amides is 1. The predicted molar refractivity (Wildman–Crippen MR) is 70.5 cm³/mol. The molecule has 3 unspecified atom stereocenters. The summed E-state index contributed by atoms with van der Waals surface area (Å²) in [5.41, 5.74) is 0. The Hall–Kier alpha value is -1.96. The molecule has 1 saturated carbocycles. The first-order valence-corrected chi connectivity index (χ1v) is 7.26. The Morgan fingerprint density at radius 1 is 1.29 bits per heavy atom. The minimum absolute atomic E-state index is 0.0114. The monoisotopic (exact) mass is 294 g/mol. The molecule has 3 N–H and O–H groups in total. The maximum absolute atomic E-state index is 12.1. The molecule has 1 saturated heterocycles. The van der Waals surface area contributed by atoms with E-state index >= 15 is 0 Å². The molecule has 114 valence electrons. The molecule has 1 aliphatic carbocycles. The van der Waals surface area contributed by atoms with Crippen LogP contribution in [0.3, 0.4) is 0 Å². The highest BCUT2D eigenvalue weighted by Gasteiger charge is 2.35. The van der Waals surface area contributed by atoms with E-state index in [1.165, 1.54) is 0 Å². The highest BCUT2D eigenvalue weighted by Crippen LogP contribution is 2.26. The van der Waals surface area contributed by atoms with Crippen molar-refractivity contribution in [1.82, 2.24) is 20.8 Å². The largest absolute Gasteiger partial charge is 0.481 e. The van der Waals surface area contributed by atoms with Crippen molar-refractivity contribution in [1.29, 1.82) is 0 Å². The van der Waals surface area contributed by atoms with Crippen LogP contribution in [0.1, 0.15) is 54.7 Å². The normalized spacial score (nSPS) is 28.7. The maximum Gasteiger partial charge on any atom is 0.308 e. The SMILES string of the molecule is O=C(NC1CCCC1C(=O)O)c1noc(C2CCCN2)n1. The number of nitrogens with one attached hydrogen (secondary N) is 2. The zero-order valence-electron chi connectivity index (χ0n) is 11.5. The molecule has 8 nitrogen and oxygen atoms in total. The van der Waals surface area contributed by atoms with Crippen molar-refractivity contribution in [3.05, 3.63) is 11.7 Å². The second-order valence-electron chi connectivity index (χ2n) is 5.56. The van der Waals surface area contributed by atoms with Crippen LogP contribution in [-0.4, -0.2) is 39.7 Å². The lowest BCUT2D eigenvalue weighted by Gasteiger charge is -2.16. The Morgan fingerprint density at radius 2 is 2.14 bits per heavy atom. The molecule has 1 aromatic heterocycles. The fourth-order valence-electron chi connectivity index (χ4n) is 3.03. The van der Waals surface area contributed by atoms with Crippen molar-refractivity contribution in [2.75, 3.05) is 6.54 Å². The number of hydrogen-bond acceptors (Lipinski definition) is 6. The van der Waals surface area contributed by atoms with Crippen LogP contribution in [-0.2, 0) is 4.79 Å². The van der Waals surface area contributed by atoms with Crippen LogP contribution < -0.4 is 10.6 Å². The van der Waals surface area contributed by atoms with Gasteiger partial charge in [0.1, 0.15) is 0 Å². The molecule has 0 aromatic carbocycles. The average molecular weight is 294 g/mol. The van der Waals surface area contributed by atoms with Gasteiger partial charge in [0.25, 0.3) is 11.7 Å². The van der Waals surface area contributed by atoms with E-state index in [1.54, 1.807) is 0 Å². The molecular formula is C13H18N4O4. The summed E-state index contributed by atoms with van der Waals surface area (Å²) < 4.78 is 5.11. The summed E-state index contributed by atoms with van der Waals surface area (Å²) in [6, 6.07) is -0.348. The predicted octanol–water partition coefficient (Wildman–Crippen LogP) is 0.477. The van der Waals surface area contributed by atoms with Crippen LogP contribution in [0.4, 0.5) is 0 Å². The Bertz CT molecular complexity index is 538. The Kier molecular flexibility index (Phi) is 3.87. The standard InChI is InChI=1S/C13H18N4O4/c18-11(15-8-4-1-3-7(8)13(19)20)10-16-12(21-17-10)9-5-2-6-14-9/h7-9,14H,1-6H2,(H,15,18)(H,19,20). The van der Waals surface area contributed by atoms with Gasteiger partial charge >= 0.3 is 5.97 Å². The highest BCUT2D eigenvalue weighted by molar-refractivity contribution is 5.90. The summed E-state index contributed by atoms with van der Waals surface area (Å²) >= 11 is 0. The van der Waals surface area contributed by atoms with Gasteiger partial charge in [-0.25, -0.2) is 0 Å². The van der Waals surface area contributed by atoms with E-state index in [9.17, 15) is 9.59 Å². The van der Waals surface area contributed by atoms with E-state index in [4.69, 9.17) is 9.63 Å². The summed E-state index contributed by atoms with van der Waals surface area (Å²) in [7, 11) is 0. The first kappa shape index (κ1) is 14.0. The van der Waals surface area contributed by atoms with Gasteiger partial charge in [-0.1, -0.05) is 11.6 Å². The van der Waals surface area contributed by atoms with E-state index in [-0.39, 0.29) is 17.9 Å². The Morgan fingerprint density at radius 3 is 2.86 bits per heavy atom. The van der Waals surface area contributed by atoms with Crippen molar-refractivity contribution in [2.24, 2.45) is 5.92 Å². The minimum atomic E-state index is -0.873. The lowest BCUT2D eigenvalue weighted by Crippen LogP contribution is -2.40. The first-order chi connectivity index (χ1) is 10.1. The number of rotatable bonds is 4. The molecule has 2 heterocycles. The third kappa shape index (κ3) is 2.90. The zero-order valence-corrected chi connectivity index (χ0v) is 11.5. The van der Waals surface area contributed by atoms with E-state index in [0.717, 1.165) is 25.8 Å². The number of nitrogens with zero attached hydrogens (tertiary/aromatic N) is 2. The molecule has 0 radical (unpaired) electrons. The molecule has 8 heteroatoms. The molecule has 21 heavy (non-hydrogen) atoms. The lowest BCUT2D eigenvalue weighted by atomic mass is 10.0. The number of carbonyl (C=O) groups excluding carboxylic acids is 1. The van der Waals surface area contributed by atoms with Gasteiger partial charge in [0.2, 0.25) is 5.89 Å². The molecule has 2 fully saturated rings. The van der Waals surface area contributed by atoms with Gasteiger partial charge in [-0.15, -0.1) is 0 Å². The number of hydrogen-bond donors (Lipinski definition) is 3. The third-order valence-corrected chi connectivity index (χ3v) is 4.15. The molecule has 1 aromatic rings. The molecule has 1 amide bonds. The van der Waals surface area contributed by atoms with Crippen molar-refractivity contribution in [2.45, 2.75) is 44.2 Å². The highest BCUT2D eigenvalue weighted by atomic mass is 16.5. The van der Waals surface area contributed by atoms with E-state index in [0.29, 0.717) is 18.7 Å². The summed E-state index contributed by atoms with van der Waals surface area (Å²) in [4.78, 5) is 27.3. The summed E-state index contributed by atoms with van der Waals surface area (Å²) in [5.74, 6) is -1.49. The maximum atomic E-state index is 12.1. The number of carboxylic acids is 1. The molecule has 3 atom stereocenters. The lowest BCUT2D eigenvalue weighted by molar-refractivity contribution is -0.142. The third-order valence-electron chi connectivity index (χ3n) is 4.15. The summed E-state index contributed by atoms with van der Waals surface area (Å²) in [5, 5.41) is 18.7. The topological polar surface area (TPSA) is 117 Å². The molecule has 0 spiro atoms. The fraction of sp³-hybridized carbons (Fsp3) is 0.692. The van der Waals surface area contributed by atoms with Crippen molar-refractivity contribution >= 4 is 11.9 Å². The number of aromatic nitrogens is 2. The Balaban J connectivity index is 1.64. The second-order valence-corrected chi connectivity index (χ2v) is 5.56. The molecule has 3 rings (SSSR count). The second kappa shape index (κ2) is 5.80. The van der Waals surface area contributed by atoms with E-state index < -0.39 is 17.8 Å². The number of carbonyl (C=O) groups is 2. The van der Waals surface area contributed by atoms with Gasteiger partial charge in [-0.2, -0.15) is 4.98 Å². The van der Waals surface area contributed by atoms with Crippen LogP contribution in [0.25, 0.3) is 0 Å². The quantitative estimate of drug-likeness (QED) is 0.739. The summed E-state index contributed by atoms with van der Waals surface area (Å²) in [6.45, 7) is 0.900. The van der Waals surface area contributed by atoms with Crippen molar-refractivity contribution in [3.63, 3.8) is 0 Å². The average Bonchev–Trinajstić information content (AvgIpc) is 3.19. The smallest absolute Gasteiger partial charge is 0.308 e. The van der Waals surface area contributed by atoms with Gasteiger partial charge in [-0.3, -0.25) is 9.59 Å². The van der Waals surface area contributed by atoms with Gasteiger partial charge in [0.05, 0.1) is 12.0 Å². The van der Waals surface area contributed by atoms with Crippen LogP contribution in [0.2, 0.25) is 0 Å². The fourth-order valence-corrected chi connectivity index (χ4v) is 3.03. The van der Waals surface area contributed by atoms with Crippen molar-refractivity contribution in [3.8, 4) is 0 Å². The van der Waals surface area contributed by atoms with E-state index in [1.807, 2.05) is 0 Å². The van der Waals surface area contributed by atoms with Crippen LogP contribution in [0.15, 0.2) is 4.52 Å². The Labute approximate surface area is 121 Å². The molecule has 0 bridgehead atoms. The molecule has 1 aliphatic heterocycles. The first-order valence-electron chi connectivity index (χ1n) is 7.26. The molecule has 2 aliphatic rings. The molecular weight excluding hydrogens is 276 g/mol. The summed E-state index contributed by atoms with van der Waals surface area (Å²) in [6.07, 6.45) is 4.00. The van der Waals surface area contributed by atoms with Crippen molar-refractivity contribution < 1.29 is 19.2 Å². The zero-order chi connectivity index (χ0) is 14.8. The van der Waals surface area contributed by atoms with E-state index in [2.05, 4.69) is 20.8 Å². The van der Waals surface area contributed by atoms with Gasteiger partial charge in [0.15, 0.2) is 0 Å². The minimum Gasteiger partial charge on any atom is -0.481 e. The van der Waals surface area contributed by atoms with Crippen LogP contribution in [0, 0.1) is 5.92 Å². The number of carboxylic acid groups (broad SMARTS) is 1. The van der Waals surface area contributed by atoms with Crippen LogP contribution in [0.5, 0.6) is 0 Å². The van der Waals surface area contributed by atoms with Gasteiger partial charge < -0.3 is 20.3 Å². The van der Waals surface area contributed by atoms with Crippen LogP contribution >= 0.6 is 0 Å².